The second-order valence-corrected chi connectivity index (χ2v) is 6.86. The lowest BCUT2D eigenvalue weighted by Gasteiger charge is -2.16. The molecule has 27 heavy (non-hydrogen) atoms. The summed E-state index contributed by atoms with van der Waals surface area (Å²) in [6.45, 7) is 6.89. The van der Waals surface area contributed by atoms with Gasteiger partial charge in [-0.25, -0.2) is 4.79 Å². The minimum Gasteiger partial charge on any atom is -0.490 e. The molecule has 1 N–H and O–H groups in total. The predicted molar refractivity (Wildman–Crippen MR) is 107 cm³/mol. The van der Waals surface area contributed by atoms with Crippen LogP contribution in [-0.4, -0.2) is 24.3 Å². The monoisotopic (exact) mass is 364 g/mol. The van der Waals surface area contributed by atoms with Crippen LogP contribution in [-0.2, 0) is 0 Å². The normalized spacial score (nSPS) is 11.0. The highest BCUT2D eigenvalue weighted by atomic mass is 16.5. The minimum atomic E-state index is -0.997. The highest BCUT2D eigenvalue weighted by Gasteiger charge is 2.16. The molecule has 0 aromatic heterocycles. The number of ether oxygens (including phenoxy) is 2. The Kier molecular flexibility index (Phi) is 5.65. The van der Waals surface area contributed by atoms with Gasteiger partial charge < -0.3 is 14.6 Å². The number of hydrogen-bond donors (Lipinski definition) is 1. The summed E-state index contributed by atoms with van der Waals surface area (Å²) in [4.78, 5) is 11.7. The van der Waals surface area contributed by atoms with Crippen LogP contribution in [0.15, 0.2) is 54.6 Å². The summed E-state index contributed by atoms with van der Waals surface area (Å²) in [5.74, 6) is 0.577. The van der Waals surface area contributed by atoms with Crippen LogP contribution in [0.4, 0.5) is 0 Å². The van der Waals surface area contributed by atoms with Crippen molar-refractivity contribution < 1.29 is 19.4 Å². The van der Waals surface area contributed by atoms with Crippen molar-refractivity contribution in [1.82, 2.24) is 0 Å². The first-order valence-corrected chi connectivity index (χ1v) is 9.08. The summed E-state index contributed by atoms with van der Waals surface area (Å²) in [7, 11) is 0. The molecular weight excluding hydrogens is 340 g/mol. The Balaban J connectivity index is 1.72. The number of hydrogen-bond acceptors (Lipinski definition) is 3. The van der Waals surface area contributed by atoms with E-state index in [1.165, 1.54) is 0 Å². The van der Waals surface area contributed by atoms with Crippen molar-refractivity contribution in [3.05, 3.63) is 71.3 Å². The summed E-state index contributed by atoms with van der Waals surface area (Å²) in [6.07, 6.45) is 0. The fourth-order valence-corrected chi connectivity index (χ4v) is 3.14. The van der Waals surface area contributed by atoms with Gasteiger partial charge in [0, 0.05) is 0 Å². The van der Waals surface area contributed by atoms with Crippen molar-refractivity contribution in [2.75, 3.05) is 13.2 Å². The Hall–Kier alpha value is -3.01. The number of aromatic carboxylic acids is 1. The molecule has 0 aliphatic carbocycles. The second-order valence-electron chi connectivity index (χ2n) is 6.86. The molecular formula is C23H24O4. The number of rotatable bonds is 7. The van der Waals surface area contributed by atoms with E-state index >= 15 is 0 Å². The molecule has 4 nitrogen and oxygen atoms in total. The largest absolute Gasteiger partial charge is 0.490 e. The number of carbonyl (C=O) groups is 1. The predicted octanol–water partition coefficient (Wildman–Crippen LogP) is 5.43. The SMILES string of the molecule is Cc1ccc(C(C)C)c(OCCOc2ccc3ccccc3c2C(=O)O)c1. The van der Waals surface area contributed by atoms with E-state index in [1.807, 2.05) is 37.3 Å². The van der Waals surface area contributed by atoms with Crippen molar-refractivity contribution in [1.29, 1.82) is 0 Å². The van der Waals surface area contributed by atoms with Gasteiger partial charge in [-0.2, -0.15) is 0 Å². The van der Waals surface area contributed by atoms with Gasteiger partial charge in [-0.05, 0) is 46.9 Å². The van der Waals surface area contributed by atoms with Crippen molar-refractivity contribution in [3.63, 3.8) is 0 Å². The molecule has 0 unspecified atom stereocenters. The molecule has 3 aromatic carbocycles. The lowest BCUT2D eigenvalue weighted by atomic mass is 10.0. The Morgan fingerprint density at radius 3 is 2.37 bits per heavy atom. The van der Waals surface area contributed by atoms with Crippen molar-refractivity contribution in [2.45, 2.75) is 26.7 Å². The Morgan fingerprint density at radius 2 is 1.67 bits per heavy atom. The van der Waals surface area contributed by atoms with Crippen molar-refractivity contribution in [2.24, 2.45) is 0 Å². The van der Waals surface area contributed by atoms with E-state index in [0.717, 1.165) is 22.3 Å². The van der Waals surface area contributed by atoms with Gasteiger partial charge in [-0.15, -0.1) is 0 Å². The number of aryl methyl sites for hydroxylation is 1. The Bertz CT molecular complexity index is 960. The molecule has 0 aliphatic heterocycles. The fourth-order valence-electron chi connectivity index (χ4n) is 3.14. The topological polar surface area (TPSA) is 55.8 Å². The molecule has 0 fully saturated rings. The third kappa shape index (κ3) is 4.22. The fraction of sp³-hybridized carbons (Fsp3) is 0.261. The maximum atomic E-state index is 11.7. The number of carboxylic acid groups (broad SMARTS) is 1. The molecule has 0 saturated carbocycles. The minimum absolute atomic E-state index is 0.187. The van der Waals surface area contributed by atoms with Crippen LogP contribution in [0, 0.1) is 6.92 Å². The van der Waals surface area contributed by atoms with Gasteiger partial charge in [0.1, 0.15) is 30.3 Å². The van der Waals surface area contributed by atoms with Gasteiger partial charge in [0.05, 0.1) is 0 Å². The zero-order chi connectivity index (χ0) is 19.4. The average molecular weight is 364 g/mol. The van der Waals surface area contributed by atoms with Crippen molar-refractivity contribution >= 4 is 16.7 Å². The zero-order valence-electron chi connectivity index (χ0n) is 15.9. The first-order valence-electron chi connectivity index (χ1n) is 9.08. The van der Waals surface area contributed by atoms with Crippen LogP contribution in [0.3, 0.4) is 0 Å². The molecule has 3 rings (SSSR count). The molecule has 0 aliphatic rings. The molecule has 140 valence electrons. The third-order valence-electron chi connectivity index (χ3n) is 4.49. The van der Waals surface area contributed by atoms with Crippen LogP contribution in [0.25, 0.3) is 10.8 Å². The average Bonchev–Trinajstić information content (AvgIpc) is 2.64. The standard InChI is InChI=1S/C23H24O4/c1-15(2)18-10-8-16(3)14-21(18)27-13-12-26-20-11-9-17-6-4-5-7-19(17)22(20)23(24)25/h4-11,14-15H,12-13H2,1-3H3,(H,24,25). The van der Waals surface area contributed by atoms with E-state index in [4.69, 9.17) is 9.47 Å². The molecule has 0 saturated heterocycles. The summed E-state index contributed by atoms with van der Waals surface area (Å²) in [6, 6.07) is 17.2. The van der Waals surface area contributed by atoms with E-state index in [1.54, 1.807) is 12.1 Å². The molecule has 0 bridgehead atoms. The van der Waals surface area contributed by atoms with Gasteiger partial charge in [0.2, 0.25) is 0 Å². The first kappa shape index (κ1) is 18.8. The zero-order valence-corrected chi connectivity index (χ0v) is 15.9. The summed E-state index contributed by atoms with van der Waals surface area (Å²) in [5, 5.41) is 11.2. The Morgan fingerprint density at radius 1 is 0.963 bits per heavy atom. The van der Waals surface area contributed by atoms with E-state index in [-0.39, 0.29) is 12.2 Å². The Labute approximate surface area is 159 Å². The summed E-state index contributed by atoms with van der Waals surface area (Å²) < 4.78 is 11.7. The maximum Gasteiger partial charge on any atom is 0.340 e. The van der Waals surface area contributed by atoms with Crippen LogP contribution in [0.1, 0.15) is 41.3 Å². The highest BCUT2D eigenvalue weighted by molar-refractivity contribution is 6.06. The molecule has 0 amide bonds. The van der Waals surface area contributed by atoms with E-state index in [9.17, 15) is 9.90 Å². The molecule has 0 heterocycles. The lowest BCUT2D eigenvalue weighted by Crippen LogP contribution is -2.12. The van der Waals surface area contributed by atoms with Crippen molar-refractivity contribution in [3.8, 4) is 11.5 Å². The van der Waals surface area contributed by atoms with E-state index < -0.39 is 5.97 Å². The quantitative estimate of drug-likeness (QED) is 0.568. The van der Waals surface area contributed by atoms with Crippen LogP contribution in [0.2, 0.25) is 0 Å². The maximum absolute atomic E-state index is 11.7. The molecule has 0 radical (unpaired) electrons. The van der Waals surface area contributed by atoms with Gasteiger partial charge >= 0.3 is 5.97 Å². The van der Waals surface area contributed by atoms with Crippen LogP contribution >= 0.6 is 0 Å². The van der Waals surface area contributed by atoms with E-state index in [0.29, 0.717) is 23.7 Å². The summed E-state index contributed by atoms with van der Waals surface area (Å²) >= 11 is 0. The van der Waals surface area contributed by atoms with Gasteiger partial charge in [-0.3, -0.25) is 0 Å². The first-order chi connectivity index (χ1) is 13.0. The lowest BCUT2D eigenvalue weighted by molar-refractivity contribution is 0.0693. The molecule has 4 heteroatoms. The van der Waals surface area contributed by atoms with Gasteiger partial charge in [-0.1, -0.05) is 56.3 Å². The second kappa shape index (κ2) is 8.12. The van der Waals surface area contributed by atoms with Gasteiger partial charge in [0.25, 0.3) is 0 Å². The van der Waals surface area contributed by atoms with Crippen LogP contribution < -0.4 is 9.47 Å². The summed E-state index contributed by atoms with van der Waals surface area (Å²) in [5.41, 5.74) is 2.47. The van der Waals surface area contributed by atoms with Crippen LogP contribution in [0.5, 0.6) is 11.5 Å². The third-order valence-corrected chi connectivity index (χ3v) is 4.49. The highest BCUT2D eigenvalue weighted by Crippen LogP contribution is 2.29. The smallest absolute Gasteiger partial charge is 0.340 e. The number of carboxylic acids is 1. The van der Waals surface area contributed by atoms with E-state index in [2.05, 4.69) is 26.0 Å². The van der Waals surface area contributed by atoms with Gasteiger partial charge in [0.15, 0.2) is 0 Å². The molecule has 0 spiro atoms. The molecule has 0 atom stereocenters. The number of fused-ring (bicyclic) bond motifs is 1. The number of benzene rings is 3. The molecule has 3 aromatic rings.